The Morgan fingerprint density at radius 2 is 1.87 bits per heavy atom. The van der Waals surface area contributed by atoms with Crippen LogP contribution in [0, 0.1) is 0 Å². The molecule has 8 heteroatoms. The van der Waals surface area contributed by atoms with E-state index < -0.39 is 16.1 Å². The van der Waals surface area contributed by atoms with E-state index in [-0.39, 0.29) is 18.7 Å². The Kier molecular flexibility index (Phi) is 7.56. The maximum atomic E-state index is 12.6. The van der Waals surface area contributed by atoms with E-state index in [0.717, 1.165) is 28.7 Å². The van der Waals surface area contributed by atoms with Crippen LogP contribution in [0.1, 0.15) is 25.3 Å². The SMILES string of the molecule is CCOC(=O)N1CCCC(NS(C)(=O)=O)C1Cc1cccc(-c2cccc(OC)c2)c1. The molecule has 1 heterocycles. The Labute approximate surface area is 184 Å². The molecule has 0 aromatic heterocycles. The second-order valence-electron chi connectivity index (χ2n) is 7.73. The molecule has 2 unspecified atom stereocenters. The number of hydrogen-bond donors (Lipinski definition) is 1. The van der Waals surface area contributed by atoms with E-state index in [4.69, 9.17) is 9.47 Å². The van der Waals surface area contributed by atoms with Gasteiger partial charge in [-0.15, -0.1) is 0 Å². The Bertz CT molecular complexity index is 1010. The molecule has 0 saturated carbocycles. The maximum absolute atomic E-state index is 12.6. The Balaban J connectivity index is 1.90. The van der Waals surface area contributed by atoms with Gasteiger partial charge in [-0.05, 0) is 55.0 Å². The summed E-state index contributed by atoms with van der Waals surface area (Å²) in [5.74, 6) is 0.779. The molecule has 0 aliphatic carbocycles. The molecule has 0 spiro atoms. The lowest BCUT2D eigenvalue weighted by Crippen LogP contribution is -2.57. The number of likely N-dealkylation sites (tertiary alicyclic amines) is 1. The third kappa shape index (κ3) is 6.21. The summed E-state index contributed by atoms with van der Waals surface area (Å²) in [5.41, 5.74) is 3.07. The van der Waals surface area contributed by atoms with Crippen molar-refractivity contribution in [1.82, 2.24) is 9.62 Å². The van der Waals surface area contributed by atoms with E-state index in [0.29, 0.717) is 25.8 Å². The molecule has 1 N–H and O–H groups in total. The zero-order valence-corrected chi connectivity index (χ0v) is 19.0. The summed E-state index contributed by atoms with van der Waals surface area (Å²) in [6, 6.07) is 15.2. The number of piperidine rings is 1. The Hall–Kier alpha value is -2.58. The lowest BCUT2D eigenvalue weighted by Gasteiger charge is -2.40. The van der Waals surface area contributed by atoms with Crippen LogP contribution < -0.4 is 9.46 Å². The van der Waals surface area contributed by atoms with Gasteiger partial charge in [0.1, 0.15) is 5.75 Å². The number of nitrogens with one attached hydrogen (secondary N) is 1. The average molecular weight is 447 g/mol. The fourth-order valence-electron chi connectivity index (χ4n) is 4.08. The monoisotopic (exact) mass is 446 g/mol. The topological polar surface area (TPSA) is 84.9 Å². The summed E-state index contributed by atoms with van der Waals surface area (Å²) >= 11 is 0. The predicted octanol–water partition coefficient (Wildman–Crippen LogP) is 3.44. The van der Waals surface area contributed by atoms with Crippen molar-refractivity contribution in [3.05, 3.63) is 54.1 Å². The van der Waals surface area contributed by atoms with Crippen LogP contribution in [-0.4, -0.2) is 58.0 Å². The fraction of sp³-hybridized carbons (Fsp3) is 0.435. The molecule has 1 saturated heterocycles. The summed E-state index contributed by atoms with van der Waals surface area (Å²) in [4.78, 5) is 14.2. The van der Waals surface area contributed by atoms with Crippen molar-refractivity contribution in [1.29, 1.82) is 0 Å². The van der Waals surface area contributed by atoms with Gasteiger partial charge in [0, 0.05) is 12.6 Å². The van der Waals surface area contributed by atoms with Gasteiger partial charge in [-0.3, -0.25) is 0 Å². The van der Waals surface area contributed by atoms with Gasteiger partial charge < -0.3 is 14.4 Å². The molecule has 31 heavy (non-hydrogen) atoms. The number of benzene rings is 2. The molecule has 168 valence electrons. The van der Waals surface area contributed by atoms with Crippen LogP contribution in [0.2, 0.25) is 0 Å². The van der Waals surface area contributed by atoms with Crippen LogP contribution in [0.3, 0.4) is 0 Å². The lowest BCUT2D eigenvalue weighted by atomic mass is 9.90. The Morgan fingerprint density at radius 1 is 1.16 bits per heavy atom. The van der Waals surface area contributed by atoms with E-state index in [1.54, 1.807) is 18.9 Å². The first-order valence-electron chi connectivity index (χ1n) is 10.4. The Morgan fingerprint density at radius 3 is 2.55 bits per heavy atom. The van der Waals surface area contributed by atoms with E-state index in [9.17, 15) is 13.2 Å². The van der Waals surface area contributed by atoms with E-state index >= 15 is 0 Å². The highest BCUT2D eigenvalue weighted by Crippen LogP contribution is 2.27. The molecular weight excluding hydrogens is 416 g/mol. The third-order valence-electron chi connectivity index (χ3n) is 5.42. The zero-order chi connectivity index (χ0) is 22.4. The number of nitrogens with zero attached hydrogens (tertiary/aromatic N) is 1. The quantitative estimate of drug-likeness (QED) is 0.704. The van der Waals surface area contributed by atoms with Crippen molar-refractivity contribution in [3.8, 4) is 16.9 Å². The molecular formula is C23H30N2O5S. The first-order valence-corrected chi connectivity index (χ1v) is 12.3. The van der Waals surface area contributed by atoms with Gasteiger partial charge in [-0.2, -0.15) is 0 Å². The zero-order valence-electron chi connectivity index (χ0n) is 18.2. The number of carbonyl (C=O) groups is 1. The average Bonchev–Trinajstić information content (AvgIpc) is 2.74. The highest BCUT2D eigenvalue weighted by Gasteiger charge is 2.36. The minimum atomic E-state index is -3.41. The molecule has 1 amide bonds. The smallest absolute Gasteiger partial charge is 0.410 e. The first-order chi connectivity index (χ1) is 14.8. The molecule has 1 aliphatic heterocycles. The van der Waals surface area contributed by atoms with Crippen molar-refractivity contribution >= 4 is 16.1 Å². The summed E-state index contributed by atoms with van der Waals surface area (Å²) in [6.45, 7) is 2.58. The van der Waals surface area contributed by atoms with E-state index in [1.807, 2.05) is 42.5 Å². The third-order valence-corrected chi connectivity index (χ3v) is 6.15. The van der Waals surface area contributed by atoms with Gasteiger partial charge >= 0.3 is 6.09 Å². The second-order valence-corrected chi connectivity index (χ2v) is 9.51. The number of carbonyl (C=O) groups excluding carboxylic acids is 1. The van der Waals surface area contributed by atoms with Crippen LogP contribution in [0.25, 0.3) is 11.1 Å². The van der Waals surface area contributed by atoms with Crippen molar-refractivity contribution in [2.75, 3.05) is 26.5 Å². The number of rotatable bonds is 7. The van der Waals surface area contributed by atoms with Crippen LogP contribution in [-0.2, 0) is 21.2 Å². The van der Waals surface area contributed by atoms with Crippen molar-refractivity contribution in [2.24, 2.45) is 0 Å². The van der Waals surface area contributed by atoms with Gasteiger partial charge in [-0.25, -0.2) is 17.9 Å². The van der Waals surface area contributed by atoms with Crippen LogP contribution in [0.15, 0.2) is 48.5 Å². The van der Waals surface area contributed by atoms with Crippen molar-refractivity contribution in [2.45, 2.75) is 38.3 Å². The van der Waals surface area contributed by atoms with Crippen molar-refractivity contribution in [3.63, 3.8) is 0 Å². The number of hydrogen-bond acceptors (Lipinski definition) is 5. The van der Waals surface area contributed by atoms with Gasteiger partial charge in [0.15, 0.2) is 0 Å². The molecule has 2 aromatic carbocycles. The van der Waals surface area contributed by atoms with Crippen LogP contribution >= 0.6 is 0 Å². The summed E-state index contributed by atoms with van der Waals surface area (Å²) < 4.78 is 37.2. The minimum absolute atomic E-state index is 0.275. The number of amides is 1. The lowest BCUT2D eigenvalue weighted by molar-refractivity contribution is 0.0678. The van der Waals surface area contributed by atoms with Gasteiger partial charge in [0.2, 0.25) is 10.0 Å². The molecule has 1 fully saturated rings. The normalized spacial score (nSPS) is 19.1. The molecule has 0 radical (unpaired) electrons. The van der Waals surface area contributed by atoms with Crippen molar-refractivity contribution < 1.29 is 22.7 Å². The molecule has 2 atom stereocenters. The van der Waals surface area contributed by atoms with Gasteiger partial charge in [0.05, 0.1) is 26.0 Å². The van der Waals surface area contributed by atoms with E-state index in [2.05, 4.69) is 10.8 Å². The molecule has 1 aliphatic rings. The highest BCUT2D eigenvalue weighted by atomic mass is 32.2. The molecule has 7 nitrogen and oxygen atoms in total. The first kappa shape index (κ1) is 23.1. The summed E-state index contributed by atoms with van der Waals surface area (Å²) in [7, 11) is -1.78. The number of methoxy groups -OCH3 is 1. The summed E-state index contributed by atoms with van der Waals surface area (Å²) in [6.07, 6.45) is 2.65. The molecule has 0 bridgehead atoms. The number of ether oxygens (including phenoxy) is 2. The van der Waals surface area contributed by atoms with Crippen LogP contribution in [0.4, 0.5) is 4.79 Å². The van der Waals surface area contributed by atoms with Gasteiger partial charge in [0.25, 0.3) is 0 Å². The number of sulfonamides is 1. The minimum Gasteiger partial charge on any atom is -0.497 e. The molecule has 3 rings (SSSR count). The maximum Gasteiger partial charge on any atom is 0.410 e. The molecule has 2 aromatic rings. The predicted molar refractivity (Wildman–Crippen MR) is 121 cm³/mol. The second kappa shape index (κ2) is 10.2. The van der Waals surface area contributed by atoms with Gasteiger partial charge in [-0.1, -0.05) is 36.4 Å². The largest absolute Gasteiger partial charge is 0.497 e. The highest BCUT2D eigenvalue weighted by molar-refractivity contribution is 7.88. The van der Waals surface area contributed by atoms with E-state index in [1.165, 1.54) is 0 Å². The fourth-order valence-corrected chi connectivity index (χ4v) is 4.90. The summed E-state index contributed by atoms with van der Waals surface area (Å²) in [5, 5.41) is 0. The van der Waals surface area contributed by atoms with Crippen LogP contribution in [0.5, 0.6) is 5.75 Å². The standard InChI is InChI=1S/C23H30N2O5S/c1-4-30-23(26)25-13-7-12-21(24-31(3,27)28)22(25)15-17-8-5-9-18(14-17)19-10-6-11-20(16-19)29-2/h5-6,8-11,14,16,21-22,24H,4,7,12-13,15H2,1-3H3.